The molecular formula is C15H21NO4S. The number of carboxylic acids is 1. The second-order valence-electron chi connectivity index (χ2n) is 5.53. The maximum atomic E-state index is 12.6. The second-order valence-corrected chi connectivity index (χ2v) is 7.53. The highest BCUT2D eigenvalue weighted by molar-refractivity contribution is 7.89. The number of hydrogen-bond donors (Lipinski definition) is 1. The zero-order valence-electron chi connectivity index (χ0n) is 12.2. The average molecular weight is 311 g/mol. The molecular weight excluding hydrogens is 290 g/mol. The van der Waals surface area contributed by atoms with Crippen molar-refractivity contribution in [3.8, 4) is 0 Å². The van der Waals surface area contributed by atoms with Crippen LogP contribution in [0, 0.1) is 0 Å². The van der Waals surface area contributed by atoms with E-state index < -0.39 is 16.0 Å². The molecule has 0 spiro atoms. The molecule has 1 fully saturated rings. The van der Waals surface area contributed by atoms with Crippen molar-refractivity contribution < 1.29 is 18.3 Å². The molecule has 0 bridgehead atoms. The normalized spacial score (nSPS) is 17.0. The molecule has 6 heteroatoms. The largest absolute Gasteiger partial charge is 0.481 e. The Hall–Kier alpha value is -1.40. The van der Waals surface area contributed by atoms with Gasteiger partial charge in [0.05, 0.1) is 11.3 Å². The fraction of sp³-hybridized carbons (Fsp3) is 0.533. The van der Waals surface area contributed by atoms with E-state index in [1.807, 2.05) is 0 Å². The fourth-order valence-electron chi connectivity index (χ4n) is 2.76. The summed E-state index contributed by atoms with van der Waals surface area (Å²) in [5.41, 5.74) is 0.599. The van der Waals surface area contributed by atoms with Crippen LogP contribution >= 0.6 is 0 Å². The number of hydrogen-bond acceptors (Lipinski definition) is 3. The predicted octanol–water partition coefficient (Wildman–Crippen LogP) is 2.27. The third-order valence-corrected chi connectivity index (χ3v) is 5.97. The molecule has 1 aromatic rings. The van der Waals surface area contributed by atoms with Gasteiger partial charge in [0.25, 0.3) is 0 Å². The van der Waals surface area contributed by atoms with Crippen molar-refractivity contribution in [2.45, 2.75) is 49.5 Å². The number of aliphatic carboxylic acids is 1. The van der Waals surface area contributed by atoms with E-state index >= 15 is 0 Å². The highest BCUT2D eigenvalue weighted by Gasteiger charge is 2.28. The van der Waals surface area contributed by atoms with Crippen molar-refractivity contribution in [3.05, 3.63) is 29.8 Å². The molecule has 0 amide bonds. The number of benzene rings is 1. The summed E-state index contributed by atoms with van der Waals surface area (Å²) in [5.74, 6) is -0.926. The molecule has 0 atom stereocenters. The number of carbonyl (C=O) groups is 1. The van der Waals surface area contributed by atoms with Gasteiger partial charge in [-0.05, 0) is 30.5 Å². The molecule has 0 aliphatic heterocycles. The monoisotopic (exact) mass is 311 g/mol. The van der Waals surface area contributed by atoms with Crippen LogP contribution in [0.15, 0.2) is 29.2 Å². The maximum Gasteiger partial charge on any atom is 0.307 e. The topological polar surface area (TPSA) is 74.7 Å². The summed E-state index contributed by atoms with van der Waals surface area (Å²) < 4.78 is 26.6. The number of rotatable bonds is 5. The summed E-state index contributed by atoms with van der Waals surface area (Å²) in [4.78, 5) is 10.9. The Labute approximate surface area is 125 Å². The Bertz CT molecular complexity index is 589. The van der Waals surface area contributed by atoms with Crippen molar-refractivity contribution in [2.75, 3.05) is 7.05 Å². The van der Waals surface area contributed by atoms with Gasteiger partial charge in [0, 0.05) is 13.1 Å². The first-order chi connectivity index (χ1) is 9.91. The first kappa shape index (κ1) is 16.0. The maximum absolute atomic E-state index is 12.6. The smallest absolute Gasteiger partial charge is 0.307 e. The van der Waals surface area contributed by atoms with Crippen LogP contribution in [0.3, 0.4) is 0 Å². The third kappa shape index (κ3) is 3.83. The van der Waals surface area contributed by atoms with Crippen LogP contribution in [0.25, 0.3) is 0 Å². The van der Waals surface area contributed by atoms with E-state index in [1.54, 1.807) is 19.2 Å². The minimum atomic E-state index is -3.50. The van der Waals surface area contributed by atoms with Crippen LogP contribution in [-0.4, -0.2) is 36.9 Å². The molecule has 1 aromatic carbocycles. The number of nitrogens with zero attached hydrogens (tertiary/aromatic N) is 1. The van der Waals surface area contributed by atoms with Crippen LogP contribution in [0.1, 0.15) is 37.7 Å². The SMILES string of the molecule is CN(C1CCCCC1)S(=O)(=O)c1ccc(CC(=O)O)cc1. The number of carboxylic acid groups (broad SMARTS) is 1. The molecule has 1 aliphatic rings. The highest BCUT2D eigenvalue weighted by atomic mass is 32.2. The van der Waals surface area contributed by atoms with Gasteiger partial charge in [-0.15, -0.1) is 0 Å². The summed E-state index contributed by atoms with van der Waals surface area (Å²) in [6.07, 6.45) is 5.04. The minimum absolute atomic E-state index is 0.0717. The van der Waals surface area contributed by atoms with Gasteiger partial charge in [-0.3, -0.25) is 4.79 Å². The summed E-state index contributed by atoms with van der Waals surface area (Å²) >= 11 is 0. The fourth-order valence-corrected chi connectivity index (χ4v) is 4.18. The second kappa shape index (κ2) is 6.58. The zero-order valence-corrected chi connectivity index (χ0v) is 13.0. The highest BCUT2D eigenvalue weighted by Crippen LogP contribution is 2.26. The van der Waals surface area contributed by atoms with Gasteiger partial charge in [-0.2, -0.15) is 4.31 Å². The zero-order chi connectivity index (χ0) is 15.5. The van der Waals surface area contributed by atoms with Crippen LogP contribution in [-0.2, 0) is 21.2 Å². The van der Waals surface area contributed by atoms with Gasteiger partial charge < -0.3 is 5.11 Å². The Kier molecular flexibility index (Phi) is 5.00. The Morgan fingerprint density at radius 1 is 1.19 bits per heavy atom. The first-order valence-corrected chi connectivity index (χ1v) is 8.64. The van der Waals surface area contributed by atoms with Gasteiger partial charge in [0.1, 0.15) is 0 Å². The van der Waals surface area contributed by atoms with E-state index in [1.165, 1.54) is 22.9 Å². The molecule has 21 heavy (non-hydrogen) atoms. The van der Waals surface area contributed by atoms with Gasteiger partial charge in [0.2, 0.25) is 10.0 Å². The van der Waals surface area contributed by atoms with Gasteiger partial charge in [-0.25, -0.2) is 8.42 Å². The molecule has 1 N–H and O–H groups in total. The summed E-state index contributed by atoms with van der Waals surface area (Å²) in [7, 11) is -1.86. The summed E-state index contributed by atoms with van der Waals surface area (Å²) in [5, 5.41) is 8.73. The van der Waals surface area contributed by atoms with E-state index in [4.69, 9.17) is 5.11 Å². The Morgan fingerprint density at radius 3 is 2.29 bits per heavy atom. The first-order valence-electron chi connectivity index (χ1n) is 7.20. The van der Waals surface area contributed by atoms with Crippen LogP contribution < -0.4 is 0 Å². The van der Waals surface area contributed by atoms with Crippen LogP contribution in [0.4, 0.5) is 0 Å². The van der Waals surface area contributed by atoms with Crippen molar-refractivity contribution >= 4 is 16.0 Å². The Morgan fingerprint density at radius 2 is 1.76 bits per heavy atom. The van der Waals surface area contributed by atoms with Gasteiger partial charge in [-0.1, -0.05) is 31.4 Å². The molecule has 5 nitrogen and oxygen atoms in total. The van der Waals surface area contributed by atoms with Crippen LogP contribution in [0.5, 0.6) is 0 Å². The lowest BCUT2D eigenvalue weighted by Crippen LogP contribution is -2.38. The predicted molar refractivity (Wildman–Crippen MR) is 79.6 cm³/mol. The molecule has 1 aliphatic carbocycles. The lowest BCUT2D eigenvalue weighted by atomic mass is 9.96. The van der Waals surface area contributed by atoms with Crippen molar-refractivity contribution in [3.63, 3.8) is 0 Å². The molecule has 2 rings (SSSR count). The molecule has 1 saturated carbocycles. The molecule has 0 aromatic heterocycles. The van der Waals surface area contributed by atoms with E-state index in [2.05, 4.69) is 0 Å². The lowest BCUT2D eigenvalue weighted by molar-refractivity contribution is -0.136. The summed E-state index contributed by atoms with van der Waals surface area (Å²) in [6, 6.07) is 6.19. The van der Waals surface area contributed by atoms with Gasteiger partial charge >= 0.3 is 5.97 Å². The van der Waals surface area contributed by atoms with E-state index in [-0.39, 0.29) is 17.4 Å². The van der Waals surface area contributed by atoms with E-state index in [0.717, 1.165) is 25.7 Å². The minimum Gasteiger partial charge on any atom is -0.481 e. The van der Waals surface area contributed by atoms with E-state index in [0.29, 0.717) is 5.56 Å². The molecule has 116 valence electrons. The van der Waals surface area contributed by atoms with Crippen LogP contribution in [0.2, 0.25) is 0 Å². The van der Waals surface area contributed by atoms with Crippen molar-refractivity contribution in [1.29, 1.82) is 0 Å². The standard InChI is InChI=1S/C15H21NO4S/c1-16(13-5-3-2-4-6-13)21(19,20)14-9-7-12(8-10-14)11-15(17)18/h7-10,13H,2-6,11H2,1H3,(H,17,18). The third-order valence-electron chi connectivity index (χ3n) is 4.04. The average Bonchev–Trinajstić information content (AvgIpc) is 2.47. The lowest BCUT2D eigenvalue weighted by Gasteiger charge is -2.30. The summed E-state index contributed by atoms with van der Waals surface area (Å²) in [6.45, 7) is 0. The van der Waals surface area contributed by atoms with Crippen molar-refractivity contribution in [1.82, 2.24) is 4.31 Å². The molecule has 0 saturated heterocycles. The quantitative estimate of drug-likeness (QED) is 0.905. The van der Waals surface area contributed by atoms with Gasteiger partial charge in [0.15, 0.2) is 0 Å². The van der Waals surface area contributed by atoms with Crippen molar-refractivity contribution in [2.24, 2.45) is 0 Å². The molecule has 0 heterocycles. The Balaban J connectivity index is 2.16. The number of sulfonamides is 1. The van der Waals surface area contributed by atoms with E-state index in [9.17, 15) is 13.2 Å². The molecule has 0 radical (unpaired) electrons. The molecule has 0 unspecified atom stereocenters.